The van der Waals surface area contributed by atoms with E-state index < -0.39 is 0 Å². The predicted octanol–water partition coefficient (Wildman–Crippen LogP) is 3.95. The molecule has 2 rings (SSSR count). The van der Waals surface area contributed by atoms with E-state index in [0.29, 0.717) is 6.04 Å². The maximum Gasteiger partial charge on any atom is 0.177 e. The number of rotatable bonds is 4. The van der Waals surface area contributed by atoms with E-state index in [0.717, 1.165) is 16.4 Å². The molecule has 1 aromatic rings. The molecule has 16 heavy (non-hydrogen) atoms. The molecule has 0 aromatic carbocycles. The van der Waals surface area contributed by atoms with Gasteiger partial charge in [0.15, 0.2) is 4.77 Å². The Bertz CT molecular complexity index is 394. The lowest BCUT2D eigenvalue weighted by atomic mass is 10.2. The van der Waals surface area contributed by atoms with Crippen molar-refractivity contribution in [2.45, 2.75) is 50.8 Å². The summed E-state index contributed by atoms with van der Waals surface area (Å²) in [7, 11) is 0. The Kier molecular flexibility index (Phi) is 4.14. The highest BCUT2D eigenvalue weighted by Crippen LogP contribution is 2.37. The second-order valence-electron chi connectivity index (χ2n) is 4.35. The van der Waals surface area contributed by atoms with E-state index in [1.54, 1.807) is 0 Å². The van der Waals surface area contributed by atoms with E-state index in [-0.39, 0.29) is 0 Å². The Hall–Kier alpha value is -0.220. The van der Waals surface area contributed by atoms with E-state index in [1.807, 2.05) is 0 Å². The maximum absolute atomic E-state index is 5.38. The topological polar surface area (TPSA) is 20.7 Å². The minimum atomic E-state index is 0.637. The largest absolute Gasteiger partial charge is 0.337 e. The number of aromatic amines is 1. The number of aryl methyl sites for hydroxylation is 1. The van der Waals surface area contributed by atoms with Crippen LogP contribution >= 0.6 is 24.0 Å². The third-order valence-corrected chi connectivity index (χ3v) is 4.92. The Morgan fingerprint density at radius 2 is 2.31 bits per heavy atom. The summed E-state index contributed by atoms with van der Waals surface area (Å²) in [6.07, 6.45) is 7.06. The van der Waals surface area contributed by atoms with Gasteiger partial charge in [0.05, 0.1) is 0 Å². The summed E-state index contributed by atoms with van der Waals surface area (Å²) in [4.78, 5) is 3.18. The molecule has 2 nitrogen and oxygen atoms in total. The number of nitrogens with zero attached hydrogens (tertiary/aromatic N) is 1. The zero-order valence-electron chi connectivity index (χ0n) is 10.0. The zero-order chi connectivity index (χ0) is 11.5. The highest BCUT2D eigenvalue weighted by Gasteiger charge is 2.27. The van der Waals surface area contributed by atoms with Crippen LogP contribution in [0.2, 0.25) is 0 Å². The summed E-state index contributed by atoms with van der Waals surface area (Å²) < 4.78 is 3.26. The number of nitrogens with one attached hydrogen (secondary N) is 1. The summed E-state index contributed by atoms with van der Waals surface area (Å²) in [5.41, 5.74) is 1.36. The van der Waals surface area contributed by atoms with Crippen molar-refractivity contribution >= 4 is 24.0 Å². The van der Waals surface area contributed by atoms with E-state index in [1.165, 1.54) is 30.7 Å². The molecule has 1 heterocycles. The van der Waals surface area contributed by atoms with E-state index >= 15 is 0 Å². The minimum Gasteiger partial charge on any atom is -0.337 e. The second-order valence-corrected chi connectivity index (χ2v) is 6.32. The zero-order valence-corrected chi connectivity index (χ0v) is 11.7. The number of aromatic nitrogens is 2. The first kappa shape index (κ1) is 12.2. The Labute approximate surface area is 107 Å². The second kappa shape index (κ2) is 5.41. The van der Waals surface area contributed by atoms with Crippen molar-refractivity contribution in [3.8, 4) is 0 Å². The first-order valence-corrected chi connectivity index (χ1v) is 7.62. The van der Waals surface area contributed by atoms with Gasteiger partial charge >= 0.3 is 0 Å². The Balaban J connectivity index is 2.13. The quantitative estimate of drug-likeness (QED) is 0.823. The van der Waals surface area contributed by atoms with Gasteiger partial charge in [-0.15, -0.1) is 0 Å². The first-order valence-electron chi connectivity index (χ1n) is 6.16. The monoisotopic (exact) mass is 256 g/mol. The molecule has 0 radical (unpaired) electrons. The smallest absolute Gasteiger partial charge is 0.177 e. The SMILES string of the molecule is CCSC1CCC(n2c(CC)c[nH]c2=S)C1. The van der Waals surface area contributed by atoms with Crippen molar-refractivity contribution in [3.63, 3.8) is 0 Å². The fourth-order valence-corrected chi connectivity index (χ4v) is 4.08. The molecule has 0 amide bonds. The molecule has 0 spiro atoms. The van der Waals surface area contributed by atoms with Gasteiger partial charge in [0.2, 0.25) is 0 Å². The van der Waals surface area contributed by atoms with Crippen molar-refractivity contribution < 1.29 is 0 Å². The molecular weight excluding hydrogens is 236 g/mol. The first-order chi connectivity index (χ1) is 7.76. The van der Waals surface area contributed by atoms with Gasteiger partial charge in [-0.05, 0) is 43.7 Å². The van der Waals surface area contributed by atoms with Crippen molar-refractivity contribution in [1.29, 1.82) is 0 Å². The molecule has 1 aliphatic rings. The molecule has 1 aromatic heterocycles. The number of imidazole rings is 1. The summed E-state index contributed by atoms with van der Waals surface area (Å²) in [6.45, 7) is 4.44. The van der Waals surface area contributed by atoms with Crippen molar-refractivity contribution in [3.05, 3.63) is 16.7 Å². The number of hydrogen-bond acceptors (Lipinski definition) is 2. The average Bonchev–Trinajstić information content (AvgIpc) is 2.85. The third kappa shape index (κ3) is 2.38. The summed E-state index contributed by atoms with van der Waals surface area (Å²) in [5.74, 6) is 1.23. The fourth-order valence-electron chi connectivity index (χ4n) is 2.63. The molecule has 1 saturated carbocycles. The molecule has 0 saturated heterocycles. The molecule has 1 N–H and O–H groups in total. The summed E-state index contributed by atoms with van der Waals surface area (Å²) >= 11 is 7.48. The van der Waals surface area contributed by atoms with Crippen LogP contribution in [0.4, 0.5) is 0 Å². The molecule has 2 unspecified atom stereocenters. The molecule has 2 atom stereocenters. The van der Waals surface area contributed by atoms with Gasteiger partial charge in [-0.25, -0.2) is 0 Å². The van der Waals surface area contributed by atoms with Gasteiger partial charge in [0.25, 0.3) is 0 Å². The van der Waals surface area contributed by atoms with Crippen molar-refractivity contribution in [1.82, 2.24) is 9.55 Å². The lowest BCUT2D eigenvalue weighted by Gasteiger charge is -2.15. The van der Waals surface area contributed by atoms with E-state index in [9.17, 15) is 0 Å². The maximum atomic E-state index is 5.38. The van der Waals surface area contributed by atoms with Crippen LogP contribution in [0.15, 0.2) is 6.20 Å². The van der Waals surface area contributed by atoms with Gasteiger partial charge in [0, 0.05) is 23.2 Å². The number of thioether (sulfide) groups is 1. The predicted molar refractivity (Wildman–Crippen MR) is 73.8 cm³/mol. The van der Waals surface area contributed by atoms with Crippen LogP contribution in [-0.4, -0.2) is 20.6 Å². The lowest BCUT2D eigenvalue weighted by molar-refractivity contribution is 0.498. The molecule has 1 aliphatic carbocycles. The molecule has 1 fully saturated rings. The highest BCUT2D eigenvalue weighted by molar-refractivity contribution is 7.99. The van der Waals surface area contributed by atoms with E-state index in [4.69, 9.17) is 12.2 Å². The Morgan fingerprint density at radius 3 is 3.00 bits per heavy atom. The minimum absolute atomic E-state index is 0.637. The lowest BCUT2D eigenvalue weighted by Crippen LogP contribution is -2.09. The Morgan fingerprint density at radius 1 is 1.50 bits per heavy atom. The molecule has 0 aliphatic heterocycles. The normalized spacial score (nSPS) is 25.1. The van der Waals surface area contributed by atoms with Gasteiger partial charge in [-0.1, -0.05) is 13.8 Å². The number of H-pyrrole nitrogens is 1. The summed E-state index contributed by atoms with van der Waals surface area (Å²) in [5, 5.41) is 0.844. The van der Waals surface area contributed by atoms with Crippen LogP contribution in [-0.2, 0) is 6.42 Å². The van der Waals surface area contributed by atoms with Crippen molar-refractivity contribution in [2.75, 3.05) is 5.75 Å². The molecule has 90 valence electrons. The average molecular weight is 256 g/mol. The molecule has 0 bridgehead atoms. The van der Waals surface area contributed by atoms with Crippen LogP contribution in [0.3, 0.4) is 0 Å². The third-order valence-electron chi connectivity index (χ3n) is 3.38. The van der Waals surface area contributed by atoms with Crippen LogP contribution in [0.1, 0.15) is 44.8 Å². The van der Waals surface area contributed by atoms with Gasteiger partial charge in [0.1, 0.15) is 0 Å². The van der Waals surface area contributed by atoms with Crippen molar-refractivity contribution in [2.24, 2.45) is 0 Å². The molecular formula is C12H20N2S2. The van der Waals surface area contributed by atoms with Gasteiger partial charge in [-0.3, -0.25) is 0 Å². The molecule has 4 heteroatoms. The van der Waals surface area contributed by atoms with Crippen LogP contribution in [0, 0.1) is 4.77 Å². The van der Waals surface area contributed by atoms with E-state index in [2.05, 4.69) is 41.4 Å². The standard InChI is InChI=1S/C12H20N2S2/c1-3-9-8-13-12(15)14(9)10-5-6-11(7-10)16-4-2/h8,10-11H,3-7H2,1-2H3,(H,13,15). The van der Waals surface area contributed by atoms with Crippen LogP contribution in [0.5, 0.6) is 0 Å². The van der Waals surface area contributed by atoms with Crippen LogP contribution in [0.25, 0.3) is 0 Å². The number of hydrogen-bond donors (Lipinski definition) is 1. The summed E-state index contributed by atoms with van der Waals surface area (Å²) in [6, 6.07) is 0.637. The fraction of sp³-hybridized carbons (Fsp3) is 0.750. The highest BCUT2D eigenvalue weighted by atomic mass is 32.2. The van der Waals surface area contributed by atoms with Gasteiger partial charge in [-0.2, -0.15) is 11.8 Å². The van der Waals surface area contributed by atoms with Gasteiger partial charge < -0.3 is 9.55 Å². The van der Waals surface area contributed by atoms with Crippen LogP contribution < -0.4 is 0 Å².